The average Bonchev–Trinajstić information content (AvgIpc) is 2.66. The van der Waals surface area contributed by atoms with Gasteiger partial charge in [-0.05, 0) is 61.6 Å². The van der Waals surface area contributed by atoms with E-state index < -0.39 is 0 Å². The minimum atomic E-state index is 0.755. The molecule has 4 nitrogen and oxygen atoms in total. The minimum absolute atomic E-state index is 0.755. The second kappa shape index (κ2) is 9.72. The summed E-state index contributed by atoms with van der Waals surface area (Å²) in [5.74, 6) is 2.41. The largest absolute Gasteiger partial charge is 0.497 e. The van der Waals surface area contributed by atoms with Gasteiger partial charge in [0.15, 0.2) is 11.5 Å². The maximum Gasteiger partial charge on any atom is 0.160 e. The highest BCUT2D eigenvalue weighted by Crippen LogP contribution is 2.27. The highest BCUT2D eigenvalue weighted by atomic mass is 16.5. The Labute approximate surface area is 150 Å². The summed E-state index contributed by atoms with van der Waals surface area (Å²) in [5.41, 5.74) is 3.68. The van der Waals surface area contributed by atoms with Crippen LogP contribution in [0.15, 0.2) is 47.5 Å². The average molecular weight is 341 g/mol. The van der Waals surface area contributed by atoms with Crippen molar-refractivity contribution in [3.05, 3.63) is 53.6 Å². The smallest absolute Gasteiger partial charge is 0.160 e. The first-order valence-corrected chi connectivity index (χ1v) is 8.50. The maximum absolute atomic E-state index is 5.34. The lowest BCUT2D eigenvalue weighted by Crippen LogP contribution is -1.99. The van der Waals surface area contributed by atoms with Crippen LogP contribution in [0.5, 0.6) is 17.2 Å². The van der Waals surface area contributed by atoms with Gasteiger partial charge in [-0.25, -0.2) is 0 Å². The zero-order valence-electron chi connectivity index (χ0n) is 15.5. The molecule has 2 aromatic rings. The molecule has 0 radical (unpaired) electrons. The van der Waals surface area contributed by atoms with Gasteiger partial charge in [-0.1, -0.05) is 18.2 Å². The van der Waals surface area contributed by atoms with Gasteiger partial charge < -0.3 is 14.2 Å². The van der Waals surface area contributed by atoms with E-state index in [4.69, 9.17) is 14.2 Å². The summed E-state index contributed by atoms with van der Waals surface area (Å²) in [4.78, 5) is 4.69. The van der Waals surface area contributed by atoms with Crippen molar-refractivity contribution in [2.24, 2.45) is 4.99 Å². The Bertz CT molecular complexity index is 693. The van der Waals surface area contributed by atoms with Gasteiger partial charge in [-0.15, -0.1) is 0 Å². The molecule has 0 aliphatic heterocycles. The van der Waals surface area contributed by atoms with Crippen LogP contribution in [0, 0.1) is 0 Å². The van der Waals surface area contributed by atoms with Crippen molar-refractivity contribution in [1.29, 1.82) is 0 Å². The molecule has 0 aliphatic rings. The number of ether oxygens (including phenoxy) is 3. The predicted octanol–water partition coefficient (Wildman–Crippen LogP) is 4.35. The van der Waals surface area contributed by atoms with Crippen LogP contribution in [0.2, 0.25) is 0 Å². The molecule has 0 heterocycles. The van der Waals surface area contributed by atoms with Crippen molar-refractivity contribution < 1.29 is 14.2 Å². The summed E-state index contributed by atoms with van der Waals surface area (Å²) < 4.78 is 15.8. The molecule has 0 aromatic heterocycles. The monoisotopic (exact) mass is 341 g/mol. The molecular weight excluding hydrogens is 314 g/mol. The Hall–Kier alpha value is -2.49. The lowest BCUT2D eigenvalue weighted by atomic mass is 10.1. The van der Waals surface area contributed by atoms with Crippen LogP contribution in [-0.4, -0.2) is 33.6 Å². The number of aliphatic imine (C=N–C) groups is 1. The lowest BCUT2D eigenvalue weighted by Gasteiger charge is -2.09. The third-order valence-electron chi connectivity index (χ3n) is 4.16. The number of aryl methyl sites for hydroxylation is 1. The zero-order valence-corrected chi connectivity index (χ0v) is 15.5. The molecule has 0 spiro atoms. The molecule has 0 bridgehead atoms. The van der Waals surface area contributed by atoms with E-state index >= 15 is 0 Å². The van der Waals surface area contributed by atoms with E-state index in [2.05, 4.69) is 30.1 Å². The Morgan fingerprint density at radius 3 is 2.12 bits per heavy atom. The van der Waals surface area contributed by atoms with Crippen molar-refractivity contribution in [3.63, 3.8) is 0 Å². The molecule has 4 heteroatoms. The van der Waals surface area contributed by atoms with Gasteiger partial charge in [0.2, 0.25) is 0 Å². The minimum Gasteiger partial charge on any atom is -0.497 e. The standard InChI is InChI=1S/C21H27NO3/c1-16(5-6-17-7-10-19(23-2)11-8-17)22-14-13-18-9-12-20(24-3)21(15-18)25-4/h7-12,15H,5-6,13-14H2,1-4H3. The van der Waals surface area contributed by atoms with Crippen LogP contribution in [0.1, 0.15) is 24.5 Å². The summed E-state index contributed by atoms with van der Waals surface area (Å²) in [7, 11) is 4.99. The van der Waals surface area contributed by atoms with Crippen LogP contribution in [-0.2, 0) is 12.8 Å². The second-order valence-electron chi connectivity index (χ2n) is 5.90. The fourth-order valence-corrected chi connectivity index (χ4v) is 2.61. The van der Waals surface area contributed by atoms with Gasteiger partial charge in [0.05, 0.1) is 21.3 Å². The van der Waals surface area contributed by atoms with Crippen LogP contribution in [0.4, 0.5) is 0 Å². The summed E-state index contributed by atoms with van der Waals surface area (Å²) in [6, 6.07) is 14.2. The molecule has 134 valence electrons. The molecule has 0 unspecified atom stereocenters. The van der Waals surface area contributed by atoms with E-state index in [0.29, 0.717) is 0 Å². The van der Waals surface area contributed by atoms with E-state index in [-0.39, 0.29) is 0 Å². The number of rotatable bonds is 9. The molecule has 0 saturated carbocycles. The van der Waals surface area contributed by atoms with Gasteiger partial charge in [0.25, 0.3) is 0 Å². The number of hydrogen-bond donors (Lipinski definition) is 0. The first kappa shape index (κ1) is 18.8. The van der Waals surface area contributed by atoms with Crippen LogP contribution in [0.3, 0.4) is 0 Å². The van der Waals surface area contributed by atoms with E-state index in [0.717, 1.165) is 43.1 Å². The van der Waals surface area contributed by atoms with Gasteiger partial charge in [0, 0.05) is 12.3 Å². The van der Waals surface area contributed by atoms with E-state index in [1.807, 2.05) is 24.3 Å². The molecular formula is C21H27NO3. The van der Waals surface area contributed by atoms with Crippen molar-refractivity contribution in [2.45, 2.75) is 26.2 Å². The molecule has 25 heavy (non-hydrogen) atoms. The topological polar surface area (TPSA) is 40.0 Å². The Morgan fingerprint density at radius 2 is 1.48 bits per heavy atom. The number of benzene rings is 2. The van der Waals surface area contributed by atoms with E-state index in [1.165, 1.54) is 16.8 Å². The molecule has 0 atom stereocenters. The van der Waals surface area contributed by atoms with Gasteiger partial charge in [0.1, 0.15) is 5.75 Å². The van der Waals surface area contributed by atoms with E-state index in [9.17, 15) is 0 Å². The normalized spacial score (nSPS) is 11.3. The molecule has 0 N–H and O–H groups in total. The summed E-state index contributed by atoms with van der Waals surface area (Å²) >= 11 is 0. The van der Waals surface area contributed by atoms with Crippen molar-refractivity contribution in [3.8, 4) is 17.2 Å². The first-order valence-electron chi connectivity index (χ1n) is 8.50. The molecule has 0 fully saturated rings. The van der Waals surface area contributed by atoms with Crippen LogP contribution >= 0.6 is 0 Å². The van der Waals surface area contributed by atoms with E-state index in [1.54, 1.807) is 21.3 Å². The third-order valence-corrected chi connectivity index (χ3v) is 4.16. The van der Waals surface area contributed by atoms with Crippen LogP contribution < -0.4 is 14.2 Å². The molecule has 2 aromatic carbocycles. The van der Waals surface area contributed by atoms with Crippen LogP contribution in [0.25, 0.3) is 0 Å². The third kappa shape index (κ3) is 5.82. The van der Waals surface area contributed by atoms with Crippen molar-refractivity contribution in [1.82, 2.24) is 0 Å². The van der Waals surface area contributed by atoms with Crippen molar-refractivity contribution >= 4 is 5.71 Å². The lowest BCUT2D eigenvalue weighted by molar-refractivity contribution is 0.354. The number of methoxy groups -OCH3 is 3. The summed E-state index contributed by atoms with van der Waals surface area (Å²) in [6.07, 6.45) is 2.86. The Morgan fingerprint density at radius 1 is 0.800 bits per heavy atom. The van der Waals surface area contributed by atoms with Gasteiger partial charge >= 0.3 is 0 Å². The number of nitrogens with zero attached hydrogens (tertiary/aromatic N) is 1. The summed E-state index contributed by atoms with van der Waals surface area (Å²) in [6.45, 7) is 2.88. The Kier molecular flexibility index (Phi) is 7.33. The number of hydrogen-bond acceptors (Lipinski definition) is 4. The molecule has 0 saturated heterocycles. The highest BCUT2D eigenvalue weighted by Gasteiger charge is 2.04. The summed E-state index contributed by atoms with van der Waals surface area (Å²) in [5, 5.41) is 0. The zero-order chi connectivity index (χ0) is 18.1. The molecule has 0 aliphatic carbocycles. The predicted molar refractivity (Wildman–Crippen MR) is 103 cm³/mol. The maximum atomic E-state index is 5.34. The Balaban J connectivity index is 1.82. The first-order chi connectivity index (χ1) is 12.2. The fourth-order valence-electron chi connectivity index (χ4n) is 2.61. The quantitative estimate of drug-likeness (QED) is 0.637. The van der Waals surface area contributed by atoms with Gasteiger partial charge in [-0.2, -0.15) is 0 Å². The SMILES string of the molecule is COc1ccc(CCC(C)=NCCc2ccc(OC)c(OC)c2)cc1. The fraction of sp³-hybridized carbons (Fsp3) is 0.381. The molecule has 0 amide bonds. The van der Waals surface area contributed by atoms with Crippen molar-refractivity contribution in [2.75, 3.05) is 27.9 Å². The highest BCUT2D eigenvalue weighted by molar-refractivity contribution is 5.82. The van der Waals surface area contributed by atoms with Gasteiger partial charge in [-0.3, -0.25) is 4.99 Å². The second-order valence-corrected chi connectivity index (χ2v) is 5.90. The molecule has 2 rings (SSSR count).